The van der Waals surface area contributed by atoms with Crippen molar-refractivity contribution < 1.29 is 27.8 Å². The number of hydrogen-bond donors (Lipinski definition) is 2. The first kappa shape index (κ1) is 17.1. The third-order valence-corrected chi connectivity index (χ3v) is 5.83. The number of carbonyl (C=O) groups is 1. The van der Waals surface area contributed by atoms with Crippen LogP contribution >= 0.6 is 0 Å². The number of sulfone groups is 1. The zero-order valence-electron chi connectivity index (χ0n) is 13.1. The zero-order valence-corrected chi connectivity index (χ0v) is 13.9. The molecule has 0 saturated heterocycles. The lowest BCUT2D eigenvalue weighted by molar-refractivity contribution is -0.135. The van der Waals surface area contributed by atoms with E-state index in [-0.39, 0.29) is 26.8 Å². The van der Waals surface area contributed by atoms with Gasteiger partial charge in [-0.15, -0.1) is 0 Å². The van der Waals surface area contributed by atoms with Crippen LogP contribution in [0.2, 0.25) is 0 Å². The highest BCUT2D eigenvalue weighted by Gasteiger charge is 2.29. The van der Waals surface area contributed by atoms with Gasteiger partial charge in [0.2, 0.25) is 9.84 Å². The molecule has 3 rings (SSSR count). The predicted molar refractivity (Wildman–Crippen MR) is 85.9 cm³/mol. The molecular weight excluding hydrogens is 349 g/mol. The molecule has 0 aromatic heterocycles. The third kappa shape index (κ3) is 2.89. The maximum Gasteiger partial charge on any atom is 0.307 e. The quantitative estimate of drug-likeness (QED) is 0.844. The summed E-state index contributed by atoms with van der Waals surface area (Å²) in [5, 5.41) is 18.7. The molecule has 2 N–H and O–H groups in total. The van der Waals surface area contributed by atoms with Gasteiger partial charge in [-0.25, -0.2) is 12.8 Å². The highest BCUT2D eigenvalue weighted by Crippen LogP contribution is 2.24. The van der Waals surface area contributed by atoms with Crippen LogP contribution in [-0.2, 0) is 14.6 Å². The number of fused-ring (bicyclic) bond motifs is 1. The monoisotopic (exact) mass is 363 g/mol. The number of halogens is 1. The fourth-order valence-electron chi connectivity index (χ4n) is 2.87. The van der Waals surface area contributed by atoms with Crippen molar-refractivity contribution in [1.82, 2.24) is 0 Å². The maximum atomic E-state index is 14.5. The van der Waals surface area contributed by atoms with Crippen LogP contribution in [0.15, 0.2) is 51.2 Å². The first-order valence-corrected chi connectivity index (χ1v) is 8.85. The van der Waals surface area contributed by atoms with Crippen LogP contribution in [0.4, 0.5) is 4.39 Å². The molecule has 2 aromatic rings. The highest BCUT2D eigenvalue weighted by molar-refractivity contribution is 7.91. The van der Waals surface area contributed by atoms with Crippen LogP contribution in [0, 0.1) is 5.82 Å². The average molecular weight is 363 g/mol. The van der Waals surface area contributed by atoms with E-state index in [1.54, 1.807) is 6.92 Å². The van der Waals surface area contributed by atoms with Crippen LogP contribution < -0.4 is 10.6 Å². The second kappa shape index (κ2) is 5.96. The molecule has 0 bridgehead atoms. The van der Waals surface area contributed by atoms with E-state index in [0.29, 0.717) is 0 Å². The standard InChI is InChI=1S/C17H14FNO5S/c1-9-12(8-15(21)22)16-14(19-9)7-6-13(18)17(16)25(23,24)11-4-2-10(20)3-5-11/h2-7,9,20H,8H2,1H3,(H,21,22). The number of carboxylic acids is 1. The molecule has 0 spiro atoms. The molecule has 1 aliphatic rings. The summed E-state index contributed by atoms with van der Waals surface area (Å²) in [7, 11) is -4.26. The minimum atomic E-state index is -4.26. The molecule has 0 aliphatic carbocycles. The Hall–Kier alpha value is -2.74. The van der Waals surface area contributed by atoms with E-state index in [4.69, 9.17) is 5.11 Å². The Kier molecular flexibility index (Phi) is 4.08. The fraction of sp³-hybridized carbons (Fsp3) is 0.176. The molecule has 1 aliphatic heterocycles. The van der Waals surface area contributed by atoms with E-state index in [1.807, 2.05) is 0 Å². The lowest BCUT2D eigenvalue weighted by Crippen LogP contribution is -2.32. The molecule has 25 heavy (non-hydrogen) atoms. The van der Waals surface area contributed by atoms with Crippen LogP contribution in [0.1, 0.15) is 13.3 Å². The SMILES string of the molecule is CC1N=c2ccc(F)c(S(=O)(=O)c3ccc(O)cc3)c2=C1CC(=O)O. The van der Waals surface area contributed by atoms with E-state index in [9.17, 15) is 22.7 Å². The van der Waals surface area contributed by atoms with Crippen molar-refractivity contribution in [2.75, 3.05) is 0 Å². The number of rotatable bonds is 4. The number of nitrogens with zero attached hydrogens (tertiary/aromatic N) is 1. The summed E-state index contributed by atoms with van der Waals surface area (Å²) in [6, 6.07) is 6.48. The largest absolute Gasteiger partial charge is 0.508 e. The van der Waals surface area contributed by atoms with Gasteiger partial charge in [0, 0.05) is 5.22 Å². The molecule has 0 radical (unpaired) electrons. The predicted octanol–water partition coefficient (Wildman–Crippen LogP) is 1.01. The summed E-state index contributed by atoms with van der Waals surface area (Å²) in [4.78, 5) is 14.6. The van der Waals surface area contributed by atoms with E-state index in [2.05, 4.69) is 4.99 Å². The second-order valence-corrected chi connectivity index (χ2v) is 7.56. The number of benzene rings is 2. The number of carboxylic acid groups (broad SMARTS) is 1. The number of phenolic OH excluding ortho intramolecular Hbond substituents is 1. The summed E-state index contributed by atoms with van der Waals surface area (Å²) >= 11 is 0. The lowest BCUT2D eigenvalue weighted by atomic mass is 10.0. The van der Waals surface area contributed by atoms with Crippen molar-refractivity contribution >= 4 is 21.4 Å². The Balaban J connectivity index is 2.38. The Labute approximate surface area is 142 Å². The first-order valence-electron chi connectivity index (χ1n) is 7.37. The van der Waals surface area contributed by atoms with Gasteiger partial charge in [0.25, 0.3) is 0 Å². The number of aromatic hydroxyl groups is 1. The number of phenols is 1. The van der Waals surface area contributed by atoms with Gasteiger partial charge in [-0.2, -0.15) is 0 Å². The van der Waals surface area contributed by atoms with Crippen molar-refractivity contribution in [1.29, 1.82) is 0 Å². The van der Waals surface area contributed by atoms with Crippen LogP contribution in [0.25, 0.3) is 5.57 Å². The van der Waals surface area contributed by atoms with Gasteiger partial charge >= 0.3 is 5.97 Å². The highest BCUT2D eigenvalue weighted by atomic mass is 32.2. The van der Waals surface area contributed by atoms with Crippen LogP contribution in [-0.4, -0.2) is 30.6 Å². The number of hydrogen-bond acceptors (Lipinski definition) is 5. The van der Waals surface area contributed by atoms with Gasteiger partial charge in [-0.3, -0.25) is 9.79 Å². The molecule has 1 unspecified atom stereocenters. The lowest BCUT2D eigenvalue weighted by Gasteiger charge is -2.09. The maximum absolute atomic E-state index is 14.5. The van der Waals surface area contributed by atoms with Crippen molar-refractivity contribution in [3.63, 3.8) is 0 Å². The molecule has 1 atom stereocenters. The Morgan fingerprint density at radius 1 is 1.20 bits per heavy atom. The minimum Gasteiger partial charge on any atom is -0.508 e. The van der Waals surface area contributed by atoms with Gasteiger partial charge in [0.15, 0.2) is 0 Å². The summed E-state index contributed by atoms with van der Waals surface area (Å²) in [5.74, 6) is -2.25. The number of aliphatic carboxylic acids is 1. The smallest absolute Gasteiger partial charge is 0.307 e. The molecular formula is C17H14FNO5S. The van der Waals surface area contributed by atoms with E-state index >= 15 is 0 Å². The van der Waals surface area contributed by atoms with Crippen molar-refractivity contribution in [2.24, 2.45) is 4.99 Å². The molecule has 8 heteroatoms. The Morgan fingerprint density at radius 2 is 1.84 bits per heavy atom. The third-order valence-electron chi connectivity index (χ3n) is 4.00. The summed E-state index contributed by atoms with van der Waals surface area (Å²) in [6.07, 6.45) is -0.431. The van der Waals surface area contributed by atoms with Gasteiger partial charge in [0.1, 0.15) is 16.5 Å². The van der Waals surface area contributed by atoms with Crippen LogP contribution in [0.5, 0.6) is 5.75 Å². The van der Waals surface area contributed by atoms with Gasteiger partial charge in [-0.05, 0) is 48.9 Å². The zero-order chi connectivity index (χ0) is 18.4. The van der Waals surface area contributed by atoms with E-state index in [1.165, 1.54) is 18.2 Å². The summed E-state index contributed by atoms with van der Waals surface area (Å²) in [5.41, 5.74) is 0.249. The summed E-state index contributed by atoms with van der Waals surface area (Å²) in [6.45, 7) is 1.63. The average Bonchev–Trinajstić information content (AvgIpc) is 2.83. The molecule has 0 amide bonds. The fourth-order valence-corrected chi connectivity index (χ4v) is 4.42. The molecule has 130 valence electrons. The topological polar surface area (TPSA) is 104 Å². The normalized spacial score (nSPS) is 16.4. The molecule has 6 nitrogen and oxygen atoms in total. The van der Waals surface area contributed by atoms with E-state index in [0.717, 1.165) is 18.2 Å². The Bertz CT molecular complexity index is 1090. The van der Waals surface area contributed by atoms with Crippen molar-refractivity contribution in [2.45, 2.75) is 29.2 Å². The van der Waals surface area contributed by atoms with E-state index < -0.39 is 39.0 Å². The molecule has 2 aromatic carbocycles. The molecule has 0 fully saturated rings. The Morgan fingerprint density at radius 3 is 2.44 bits per heavy atom. The van der Waals surface area contributed by atoms with Gasteiger partial charge in [0.05, 0.1) is 22.7 Å². The minimum absolute atomic E-state index is 0.0166. The van der Waals surface area contributed by atoms with Crippen LogP contribution in [0.3, 0.4) is 0 Å². The van der Waals surface area contributed by atoms with Crippen molar-refractivity contribution in [3.8, 4) is 5.75 Å². The first-order chi connectivity index (χ1) is 11.7. The molecule has 1 heterocycles. The second-order valence-electron chi connectivity index (χ2n) is 5.67. The summed E-state index contributed by atoms with van der Waals surface area (Å²) < 4.78 is 40.4. The van der Waals surface area contributed by atoms with Gasteiger partial charge in [-0.1, -0.05) is 0 Å². The molecule has 0 saturated carbocycles. The van der Waals surface area contributed by atoms with Gasteiger partial charge < -0.3 is 10.2 Å². The van der Waals surface area contributed by atoms with Crippen molar-refractivity contribution in [3.05, 3.63) is 52.8 Å².